The number of ether oxygens (including phenoxy) is 1. The summed E-state index contributed by atoms with van der Waals surface area (Å²) in [5.41, 5.74) is 6.98. The standard InChI is InChI=1S/C16H24BNO4/c1-15(2)16(3,4)22-17(21-15)12-8-6-11(7-9-12)10-13(18)14(19)20-5/h6-9,13H,10,18H2,1-5H3/t13-/m0/s1. The topological polar surface area (TPSA) is 70.8 Å². The number of benzene rings is 1. The molecule has 1 aliphatic rings. The smallest absolute Gasteiger partial charge is 0.468 e. The van der Waals surface area contributed by atoms with E-state index >= 15 is 0 Å². The van der Waals surface area contributed by atoms with Gasteiger partial charge in [-0.2, -0.15) is 0 Å². The minimum absolute atomic E-state index is 0.358. The molecule has 1 saturated heterocycles. The average Bonchev–Trinajstić information content (AvgIpc) is 2.67. The normalized spacial score (nSPS) is 20.7. The molecule has 2 N–H and O–H groups in total. The van der Waals surface area contributed by atoms with Gasteiger partial charge in [-0.05, 0) is 45.1 Å². The number of hydrogen-bond donors (Lipinski definition) is 1. The van der Waals surface area contributed by atoms with Gasteiger partial charge < -0.3 is 19.8 Å². The van der Waals surface area contributed by atoms with E-state index in [9.17, 15) is 4.79 Å². The number of esters is 1. The molecule has 0 aromatic heterocycles. The van der Waals surface area contributed by atoms with Gasteiger partial charge in [0.1, 0.15) is 6.04 Å². The van der Waals surface area contributed by atoms with Gasteiger partial charge in [0.15, 0.2) is 0 Å². The lowest BCUT2D eigenvalue weighted by molar-refractivity contribution is -0.142. The molecule has 0 unspecified atom stereocenters. The highest BCUT2D eigenvalue weighted by Gasteiger charge is 2.51. The van der Waals surface area contributed by atoms with Crippen LogP contribution >= 0.6 is 0 Å². The molecule has 1 heterocycles. The van der Waals surface area contributed by atoms with E-state index in [0.29, 0.717) is 6.42 Å². The first-order chi connectivity index (χ1) is 10.2. The van der Waals surface area contributed by atoms with Gasteiger partial charge in [0, 0.05) is 0 Å². The lowest BCUT2D eigenvalue weighted by Crippen LogP contribution is -2.41. The predicted molar refractivity (Wildman–Crippen MR) is 85.9 cm³/mol. The van der Waals surface area contributed by atoms with Crippen molar-refractivity contribution in [2.45, 2.75) is 51.4 Å². The molecule has 120 valence electrons. The molecule has 22 heavy (non-hydrogen) atoms. The van der Waals surface area contributed by atoms with Crippen LogP contribution in [-0.2, 0) is 25.3 Å². The Kier molecular flexibility index (Phi) is 4.66. The van der Waals surface area contributed by atoms with E-state index in [0.717, 1.165) is 11.0 Å². The molecule has 1 aliphatic heterocycles. The van der Waals surface area contributed by atoms with Gasteiger partial charge in [-0.3, -0.25) is 4.79 Å². The lowest BCUT2D eigenvalue weighted by Gasteiger charge is -2.32. The SMILES string of the molecule is COC(=O)[C@@H](N)Cc1ccc(B2OC(C)(C)C(C)(C)O2)cc1. The first-order valence-corrected chi connectivity index (χ1v) is 7.44. The van der Waals surface area contributed by atoms with Gasteiger partial charge in [0.05, 0.1) is 18.3 Å². The van der Waals surface area contributed by atoms with Crippen LogP contribution in [0.15, 0.2) is 24.3 Å². The largest absolute Gasteiger partial charge is 0.494 e. The third kappa shape index (κ3) is 3.34. The van der Waals surface area contributed by atoms with Gasteiger partial charge in [-0.1, -0.05) is 24.3 Å². The highest BCUT2D eigenvalue weighted by atomic mass is 16.7. The van der Waals surface area contributed by atoms with Crippen LogP contribution in [0, 0.1) is 0 Å². The van der Waals surface area contributed by atoms with E-state index < -0.39 is 12.0 Å². The lowest BCUT2D eigenvalue weighted by atomic mass is 9.78. The quantitative estimate of drug-likeness (QED) is 0.664. The number of carbonyl (C=O) groups is 1. The Morgan fingerprint density at radius 2 is 1.68 bits per heavy atom. The second-order valence-corrected chi connectivity index (χ2v) is 6.66. The van der Waals surface area contributed by atoms with E-state index in [1.165, 1.54) is 7.11 Å². The molecule has 1 fully saturated rings. The van der Waals surface area contributed by atoms with Crippen LogP contribution in [0.1, 0.15) is 33.3 Å². The van der Waals surface area contributed by atoms with E-state index in [1.807, 2.05) is 52.0 Å². The molecular weight excluding hydrogens is 281 g/mol. The number of carbonyl (C=O) groups excluding carboxylic acids is 1. The highest BCUT2D eigenvalue weighted by molar-refractivity contribution is 6.62. The van der Waals surface area contributed by atoms with E-state index in [2.05, 4.69) is 4.74 Å². The van der Waals surface area contributed by atoms with Crippen molar-refractivity contribution >= 4 is 18.6 Å². The van der Waals surface area contributed by atoms with Crippen molar-refractivity contribution in [1.29, 1.82) is 0 Å². The molecule has 1 atom stereocenters. The molecule has 2 rings (SSSR count). The first kappa shape index (κ1) is 17.0. The van der Waals surface area contributed by atoms with Crippen molar-refractivity contribution in [2.24, 2.45) is 5.73 Å². The zero-order valence-electron chi connectivity index (χ0n) is 13.9. The monoisotopic (exact) mass is 305 g/mol. The van der Waals surface area contributed by atoms with Gasteiger partial charge in [0.2, 0.25) is 0 Å². The van der Waals surface area contributed by atoms with E-state index in [-0.39, 0.29) is 18.3 Å². The Morgan fingerprint density at radius 1 is 1.18 bits per heavy atom. The summed E-state index contributed by atoms with van der Waals surface area (Å²) in [5.74, 6) is -0.407. The van der Waals surface area contributed by atoms with Crippen molar-refractivity contribution in [2.75, 3.05) is 7.11 Å². The van der Waals surface area contributed by atoms with Crippen LogP contribution in [0.2, 0.25) is 0 Å². The summed E-state index contributed by atoms with van der Waals surface area (Å²) in [4.78, 5) is 11.3. The maximum atomic E-state index is 11.3. The fourth-order valence-electron chi connectivity index (χ4n) is 2.28. The van der Waals surface area contributed by atoms with Crippen LogP contribution in [0.4, 0.5) is 0 Å². The fourth-order valence-corrected chi connectivity index (χ4v) is 2.28. The number of nitrogens with two attached hydrogens (primary N) is 1. The second-order valence-electron chi connectivity index (χ2n) is 6.66. The Labute approximate surface area is 132 Å². The Morgan fingerprint density at radius 3 is 2.14 bits per heavy atom. The van der Waals surface area contributed by atoms with Crippen molar-refractivity contribution in [3.05, 3.63) is 29.8 Å². The molecule has 0 spiro atoms. The van der Waals surface area contributed by atoms with Crippen LogP contribution in [-0.4, -0.2) is 37.4 Å². The summed E-state index contributed by atoms with van der Waals surface area (Å²) in [6.07, 6.45) is 0.441. The van der Waals surface area contributed by atoms with Crippen molar-refractivity contribution in [1.82, 2.24) is 0 Å². The summed E-state index contributed by atoms with van der Waals surface area (Å²) < 4.78 is 16.6. The summed E-state index contributed by atoms with van der Waals surface area (Å²) >= 11 is 0. The Bertz CT molecular complexity index is 526. The summed E-state index contributed by atoms with van der Waals surface area (Å²) in [5, 5.41) is 0. The first-order valence-electron chi connectivity index (χ1n) is 7.44. The molecule has 0 amide bonds. The number of hydrogen-bond acceptors (Lipinski definition) is 5. The zero-order valence-corrected chi connectivity index (χ0v) is 13.9. The Hall–Kier alpha value is -1.37. The maximum Gasteiger partial charge on any atom is 0.494 e. The van der Waals surface area contributed by atoms with Crippen LogP contribution in [0.5, 0.6) is 0 Å². The van der Waals surface area contributed by atoms with Gasteiger partial charge in [-0.25, -0.2) is 0 Å². The molecule has 1 aromatic carbocycles. The average molecular weight is 305 g/mol. The molecule has 1 aromatic rings. The minimum Gasteiger partial charge on any atom is -0.468 e. The van der Waals surface area contributed by atoms with E-state index in [4.69, 9.17) is 15.0 Å². The minimum atomic E-state index is -0.646. The molecule has 0 radical (unpaired) electrons. The molecular formula is C16H24BNO4. The van der Waals surface area contributed by atoms with Gasteiger partial charge >= 0.3 is 13.1 Å². The molecule has 6 heteroatoms. The number of methoxy groups -OCH3 is 1. The Balaban J connectivity index is 2.06. The maximum absolute atomic E-state index is 11.3. The number of rotatable bonds is 4. The molecule has 0 bridgehead atoms. The van der Waals surface area contributed by atoms with Crippen LogP contribution in [0.3, 0.4) is 0 Å². The van der Waals surface area contributed by atoms with E-state index in [1.54, 1.807) is 0 Å². The molecule has 0 saturated carbocycles. The third-order valence-corrected chi connectivity index (χ3v) is 4.46. The van der Waals surface area contributed by atoms with Gasteiger partial charge in [0.25, 0.3) is 0 Å². The van der Waals surface area contributed by atoms with Gasteiger partial charge in [-0.15, -0.1) is 0 Å². The fraction of sp³-hybridized carbons (Fsp3) is 0.562. The highest BCUT2D eigenvalue weighted by Crippen LogP contribution is 2.36. The van der Waals surface area contributed by atoms with Crippen LogP contribution in [0.25, 0.3) is 0 Å². The summed E-state index contributed by atoms with van der Waals surface area (Å²) in [6.45, 7) is 8.10. The molecule has 5 nitrogen and oxygen atoms in total. The van der Waals surface area contributed by atoms with Crippen LogP contribution < -0.4 is 11.2 Å². The summed E-state index contributed by atoms with van der Waals surface area (Å²) in [7, 11) is 0.956. The zero-order chi connectivity index (χ0) is 16.5. The van der Waals surface area contributed by atoms with Crippen molar-refractivity contribution in [3.63, 3.8) is 0 Å². The van der Waals surface area contributed by atoms with Crippen molar-refractivity contribution in [3.8, 4) is 0 Å². The third-order valence-electron chi connectivity index (χ3n) is 4.46. The molecule has 0 aliphatic carbocycles. The predicted octanol–water partition coefficient (Wildman–Crippen LogP) is 1.03. The van der Waals surface area contributed by atoms with Crippen molar-refractivity contribution < 1.29 is 18.8 Å². The second kappa shape index (κ2) is 6.03. The summed E-state index contributed by atoms with van der Waals surface area (Å²) in [6, 6.07) is 7.11.